The normalized spacial score (nSPS) is 29.5. The van der Waals surface area contributed by atoms with Crippen LogP contribution in [0.3, 0.4) is 0 Å². The summed E-state index contributed by atoms with van der Waals surface area (Å²) in [5.41, 5.74) is -1.60. The molecule has 1 aliphatic rings. The lowest BCUT2D eigenvalue weighted by molar-refractivity contribution is -0.146. The monoisotopic (exact) mass is 215 g/mol. The van der Waals surface area contributed by atoms with Gasteiger partial charge in [-0.3, -0.25) is 4.79 Å². The van der Waals surface area contributed by atoms with E-state index < -0.39 is 29.3 Å². The lowest BCUT2D eigenvalue weighted by Crippen LogP contribution is -2.49. The van der Waals surface area contributed by atoms with Gasteiger partial charge in [-0.15, -0.1) is 0 Å². The SMILES string of the molecule is CC1(C(=O)O)C=C(F)C=CC1NC(=O)O. The molecule has 0 aromatic rings. The first kappa shape index (κ1) is 11.2. The predicted molar refractivity (Wildman–Crippen MR) is 49.0 cm³/mol. The van der Waals surface area contributed by atoms with Gasteiger partial charge in [0, 0.05) is 0 Å². The molecule has 3 N–H and O–H groups in total. The Bertz CT molecular complexity index is 363. The minimum absolute atomic E-state index is 0.691. The first-order chi connectivity index (χ1) is 6.86. The van der Waals surface area contributed by atoms with Gasteiger partial charge in [0.2, 0.25) is 0 Å². The second kappa shape index (κ2) is 3.72. The molecule has 6 heteroatoms. The van der Waals surface area contributed by atoms with Crippen LogP contribution in [-0.4, -0.2) is 28.3 Å². The molecule has 1 amide bonds. The fourth-order valence-corrected chi connectivity index (χ4v) is 1.34. The highest BCUT2D eigenvalue weighted by Gasteiger charge is 2.41. The number of amides is 1. The Morgan fingerprint density at radius 2 is 2.13 bits per heavy atom. The fourth-order valence-electron chi connectivity index (χ4n) is 1.34. The second-order valence-electron chi connectivity index (χ2n) is 3.40. The average molecular weight is 215 g/mol. The van der Waals surface area contributed by atoms with Gasteiger partial charge in [0.25, 0.3) is 0 Å². The van der Waals surface area contributed by atoms with E-state index in [0.29, 0.717) is 0 Å². The first-order valence-corrected chi connectivity index (χ1v) is 4.15. The van der Waals surface area contributed by atoms with Crippen molar-refractivity contribution < 1.29 is 24.2 Å². The Morgan fingerprint density at radius 3 is 2.60 bits per heavy atom. The fraction of sp³-hybridized carbons (Fsp3) is 0.333. The molecular formula is C9H10FNO4. The minimum Gasteiger partial charge on any atom is -0.481 e. The number of carboxylic acids is 1. The van der Waals surface area contributed by atoms with Crippen LogP contribution in [-0.2, 0) is 4.79 Å². The Morgan fingerprint density at radius 1 is 1.53 bits per heavy atom. The van der Waals surface area contributed by atoms with Crippen molar-refractivity contribution in [1.29, 1.82) is 0 Å². The topological polar surface area (TPSA) is 86.6 Å². The van der Waals surface area contributed by atoms with Crippen molar-refractivity contribution in [2.24, 2.45) is 5.41 Å². The summed E-state index contributed by atoms with van der Waals surface area (Å²) in [7, 11) is 0. The molecule has 0 heterocycles. The van der Waals surface area contributed by atoms with Crippen molar-refractivity contribution in [1.82, 2.24) is 5.32 Å². The summed E-state index contributed by atoms with van der Waals surface area (Å²) in [4.78, 5) is 21.3. The molecule has 5 nitrogen and oxygen atoms in total. The molecular weight excluding hydrogens is 205 g/mol. The van der Waals surface area contributed by atoms with E-state index in [9.17, 15) is 14.0 Å². The number of rotatable bonds is 2. The highest BCUT2D eigenvalue weighted by atomic mass is 19.1. The number of nitrogens with one attached hydrogen (secondary N) is 1. The largest absolute Gasteiger partial charge is 0.481 e. The molecule has 0 aromatic heterocycles. The maximum atomic E-state index is 12.9. The van der Waals surface area contributed by atoms with Crippen LogP contribution in [0.15, 0.2) is 24.1 Å². The minimum atomic E-state index is -1.60. The van der Waals surface area contributed by atoms with Crippen LogP contribution in [0.2, 0.25) is 0 Å². The van der Waals surface area contributed by atoms with Crippen molar-refractivity contribution in [3.05, 3.63) is 24.1 Å². The van der Waals surface area contributed by atoms with E-state index in [1.54, 1.807) is 0 Å². The summed E-state index contributed by atoms with van der Waals surface area (Å²) in [6, 6.07) is -0.980. The van der Waals surface area contributed by atoms with Gasteiger partial charge in [-0.2, -0.15) is 0 Å². The van der Waals surface area contributed by atoms with E-state index in [4.69, 9.17) is 10.2 Å². The van der Waals surface area contributed by atoms with Gasteiger partial charge in [-0.1, -0.05) is 6.08 Å². The van der Waals surface area contributed by atoms with Crippen molar-refractivity contribution in [2.75, 3.05) is 0 Å². The van der Waals surface area contributed by atoms with Crippen LogP contribution in [0.5, 0.6) is 0 Å². The molecule has 82 valence electrons. The maximum Gasteiger partial charge on any atom is 0.405 e. The van der Waals surface area contributed by atoms with Gasteiger partial charge in [-0.25, -0.2) is 9.18 Å². The number of aliphatic carboxylic acids is 1. The van der Waals surface area contributed by atoms with Crippen molar-refractivity contribution in [3.8, 4) is 0 Å². The molecule has 1 aliphatic carbocycles. The van der Waals surface area contributed by atoms with Gasteiger partial charge in [-0.05, 0) is 19.1 Å². The third-order valence-electron chi connectivity index (χ3n) is 2.27. The van der Waals surface area contributed by atoms with Crippen LogP contribution < -0.4 is 5.32 Å². The quantitative estimate of drug-likeness (QED) is 0.644. The number of carboxylic acid groups (broad SMARTS) is 2. The summed E-state index contributed by atoms with van der Waals surface area (Å²) in [5.74, 6) is -1.98. The van der Waals surface area contributed by atoms with Crippen molar-refractivity contribution >= 4 is 12.1 Å². The smallest absolute Gasteiger partial charge is 0.405 e. The van der Waals surface area contributed by atoms with Crippen LogP contribution in [0.1, 0.15) is 6.92 Å². The summed E-state index contributed by atoms with van der Waals surface area (Å²) in [5, 5.41) is 19.4. The Balaban J connectivity index is 3.02. The van der Waals surface area contributed by atoms with Crippen LogP contribution >= 0.6 is 0 Å². The first-order valence-electron chi connectivity index (χ1n) is 4.15. The molecule has 0 saturated carbocycles. The zero-order chi connectivity index (χ0) is 11.6. The summed E-state index contributed by atoms with van der Waals surface area (Å²) >= 11 is 0. The van der Waals surface area contributed by atoms with Crippen LogP contribution in [0, 0.1) is 5.41 Å². The standard InChI is InChI=1S/C9H10FNO4/c1-9(7(12)13)4-5(10)2-3-6(9)11-8(14)15/h2-4,6,11H,1H3,(H,12,13)(H,14,15). The molecule has 15 heavy (non-hydrogen) atoms. The zero-order valence-corrected chi connectivity index (χ0v) is 7.90. The van der Waals surface area contributed by atoms with E-state index in [0.717, 1.165) is 12.2 Å². The van der Waals surface area contributed by atoms with E-state index in [1.165, 1.54) is 13.0 Å². The Hall–Kier alpha value is -1.85. The number of carbonyl (C=O) groups is 2. The van der Waals surface area contributed by atoms with Gasteiger partial charge in [0.1, 0.15) is 11.2 Å². The molecule has 0 aliphatic heterocycles. The number of halogens is 1. The van der Waals surface area contributed by atoms with Crippen molar-refractivity contribution in [2.45, 2.75) is 13.0 Å². The summed E-state index contributed by atoms with van der Waals surface area (Å²) in [6.07, 6.45) is 1.74. The number of hydrogen-bond acceptors (Lipinski definition) is 2. The molecule has 0 radical (unpaired) electrons. The zero-order valence-electron chi connectivity index (χ0n) is 7.90. The van der Waals surface area contributed by atoms with E-state index in [1.807, 2.05) is 5.32 Å². The van der Waals surface area contributed by atoms with Crippen LogP contribution in [0.25, 0.3) is 0 Å². The molecule has 0 fully saturated rings. The molecule has 0 saturated heterocycles. The van der Waals surface area contributed by atoms with Gasteiger partial charge in [0.05, 0.1) is 6.04 Å². The van der Waals surface area contributed by atoms with E-state index in [2.05, 4.69) is 0 Å². The lowest BCUT2D eigenvalue weighted by Gasteiger charge is -2.30. The third kappa shape index (κ3) is 2.15. The second-order valence-corrected chi connectivity index (χ2v) is 3.40. The van der Waals surface area contributed by atoms with Crippen LogP contribution in [0.4, 0.5) is 9.18 Å². The number of allylic oxidation sites excluding steroid dienone is 2. The molecule has 2 unspecified atom stereocenters. The number of hydrogen-bond donors (Lipinski definition) is 3. The summed E-state index contributed by atoms with van der Waals surface area (Å²) < 4.78 is 12.9. The molecule has 2 atom stereocenters. The van der Waals surface area contributed by atoms with E-state index >= 15 is 0 Å². The van der Waals surface area contributed by atoms with Gasteiger partial charge in [0.15, 0.2) is 0 Å². The molecule has 0 bridgehead atoms. The van der Waals surface area contributed by atoms with Gasteiger partial charge >= 0.3 is 12.1 Å². The lowest BCUT2D eigenvalue weighted by atomic mass is 9.79. The van der Waals surface area contributed by atoms with Crippen molar-refractivity contribution in [3.63, 3.8) is 0 Å². The third-order valence-corrected chi connectivity index (χ3v) is 2.27. The molecule has 0 spiro atoms. The van der Waals surface area contributed by atoms with Gasteiger partial charge < -0.3 is 15.5 Å². The van der Waals surface area contributed by atoms with E-state index in [-0.39, 0.29) is 0 Å². The Kier molecular flexibility index (Phi) is 2.78. The highest BCUT2D eigenvalue weighted by molar-refractivity contribution is 5.80. The maximum absolute atomic E-state index is 12.9. The summed E-state index contributed by atoms with van der Waals surface area (Å²) in [6.45, 7) is 1.25. The highest BCUT2D eigenvalue weighted by Crippen LogP contribution is 2.31. The average Bonchev–Trinajstić information content (AvgIpc) is 2.09. The molecule has 0 aromatic carbocycles. The Labute approximate surface area is 84.9 Å². The predicted octanol–water partition coefficient (Wildman–Crippen LogP) is 1.14. The molecule has 1 rings (SSSR count).